The highest BCUT2D eigenvalue weighted by Crippen LogP contribution is 2.49. The number of hydrogen-bond acceptors (Lipinski definition) is 8. The van der Waals surface area contributed by atoms with Crippen LogP contribution in [-0.2, 0) is 16.0 Å². The Kier molecular flexibility index (Phi) is 9.75. The summed E-state index contributed by atoms with van der Waals surface area (Å²) < 4.78 is 5.41. The number of carbonyl (C=O) groups is 2. The molecule has 6 nitrogen and oxygen atoms in total. The number of aromatic nitrogens is 1. The lowest BCUT2D eigenvalue weighted by Crippen LogP contribution is -2.18. The number of anilines is 1. The molecule has 4 atom stereocenters. The molecule has 8 heteroatoms. The highest BCUT2D eigenvalue weighted by atomic mass is 33.1. The van der Waals surface area contributed by atoms with E-state index in [0.717, 1.165) is 35.1 Å². The molecule has 42 heavy (non-hydrogen) atoms. The lowest BCUT2D eigenvalue weighted by atomic mass is 9.85. The summed E-state index contributed by atoms with van der Waals surface area (Å²) in [5.41, 5.74) is 11.2. The average molecular weight is 601 g/mol. The molecule has 3 aromatic rings. The van der Waals surface area contributed by atoms with Gasteiger partial charge < -0.3 is 15.6 Å². The monoisotopic (exact) mass is 600 g/mol. The molecule has 0 amide bonds. The highest BCUT2D eigenvalue weighted by molar-refractivity contribution is 8.77. The molecule has 0 saturated carbocycles. The van der Waals surface area contributed by atoms with Crippen molar-refractivity contribution in [1.29, 1.82) is 0 Å². The normalized spacial score (nSPS) is 24.3. The van der Waals surface area contributed by atoms with Gasteiger partial charge in [-0.15, -0.1) is 0 Å². The largest absolute Gasteiger partial charge is 0.504 e. The smallest absolute Gasteiger partial charge is 0.163 e. The fraction of sp³-hybridized carbons (Fsp3) is 0.324. The van der Waals surface area contributed by atoms with Gasteiger partial charge in [-0.2, -0.15) is 0 Å². The Morgan fingerprint density at radius 3 is 2.62 bits per heavy atom. The van der Waals surface area contributed by atoms with E-state index in [1.54, 1.807) is 35.2 Å². The third-order valence-electron chi connectivity index (χ3n) is 8.04. The van der Waals surface area contributed by atoms with Gasteiger partial charge in [0.2, 0.25) is 0 Å². The summed E-state index contributed by atoms with van der Waals surface area (Å²) in [6.07, 6.45) is 12.1. The first-order valence-corrected chi connectivity index (χ1v) is 16.6. The minimum absolute atomic E-state index is 0.0104. The van der Waals surface area contributed by atoms with E-state index in [9.17, 15) is 14.7 Å². The summed E-state index contributed by atoms with van der Waals surface area (Å²) in [6.45, 7) is 2.16. The van der Waals surface area contributed by atoms with Crippen molar-refractivity contribution in [2.45, 2.75) is 55.4 Å². The number of rotatable bonds is 4. The highest BCUT2D eigenvalue weighted by Gasteiger charge is 2.28. The van der Waals surface area contributed by atoms with Gasteiger partial charge in [-0.3, -0.25) is 9.59 Å². The third-order valence-corrected chi connectivity index (χ3v) is 11.3. The van der Waals surface area contributed by atoms with Crippen molar-refractivity contribution in [3.63, 3.8) is 0 Å². The number of benzene rings is 2. The molecule has 1 aliphatic carbocycles. The molecule has 5 rings (SSSR count). The summed E-state index contributed by atoms with van der Waals surface area (Å²) in [5, 5.41) is 11.0. The summed E-state index contributed by atoms with van der Waals surface area (Å²) >= 11 is 0. The number of ketones is 2. The molecular weight excluding hydrogens is 565 g/mol. The van der Waals surface area contributed by atoms with Gasteiger partial charge in [0.1, 0.15) is 11.6 Å². The van der Waals surface area contributed by atoms with Gasteiger partial charge in [0.15, 0.2) is 17.3 Å². The molecule has 3 N–H and O–H groups in total. The van der Waals surface area contributed by atoms with Crippen LogP contribution < -0.4 is 10.5 Å². The number of fused-ring (bicyclic) bond motifs is 7. The van der Waals surface area contributed by atoms with E-state index < -0.39 is 0 Å². The second-order valence-corrected chi connectivity index (χ2v) is 13.5. The number of nitrogens with two attached hydrogens (primary N) is 1. The Labute approximate surface area is 255 Å². The number of nitrogen functional groups attached to an aromatic ring is 1. The summed E-state index contributed by atoms with van der Waals surface area (Å²) in [4.78, 5) is 30.2. The molecule has 1 aromatic heterocycles. The number of nitrogens with zero attached hydrogens (tertiary/aromatic N) is 1. The van der Waals surface area contributed by atoms with Crippen LogP contribution in [0.25, 0.3) is 6.08 Å². The van der Waals surface area contributed by atoms with E-state index in [0.29, 0.717) is 24.4 Å². The van der Waals surface area contributed by atoms with Gasteiger partial charge in [-0.05, 0) is 65.3 Å². The van der Waals surface area contributed by atoms with Crippen LogP contribution in [0.2, 0.25) is 0 Å². The molecule has 0 unspecified atom stereocenters. The minimum atomic E-state index is -0.269. The number of methoxy groups -OCH3 is 1. The summed E-state index contributed by atoms with van der Waals surface area (Å²) in [5.74, 6) is 0.512. The van der Waals surface area contributed by atoms with Crippen molar-refractivity contribution in [1.82, 2.24) is 4.98 Å². The van der Waals surface area contributed by atoms with Crippen molar-refractivity contribution in [2.75, 3.05) is 12.8 Å². The van der Waals surface area contributed by atoms with Crippen molar-refractivity contribution in [3.8, 4) is 11.5 Å². The van der Waals surface area contributed by atoms with Crippen molar-refractivity contribution in [2.24, 2.45) is 5.92 Å². The standard InChI is InChI=1S/C34H36N2O4S2/c1-3-22-9-11-25(37)18-26(38)12-10-23-17-31(40-2)30(39)19-28(23)27-13-14-32(22)41-42-33(15-21-7-5-4-6-8-21)29-16-24(27)20-36-34(29)35/h4-8,10,12-14,16-17,19-20,22,27,32-33,39H,3,9,11,15,18H2,1-2H3,(H2,35,36)/b12-10+,14-13-/t22-,27+,32+,33-/m0/s1. The van der Waals surface area contributed by atoms with E-state index in [1.807, 2.05) is 16.9 Å². The molecule has 4 bridgehead atoms. The third kappa shape index (κ3) is 6.93. The molecule has 2 heterocycles. The van der Waals surface area contributed by atoms with Crippen molar-refractivity contribution < 1.29 is 19.4 Å². The maximum absolute atomic E-state index is 12.8. The van der Waals surface area contributed by atoms with Crippen LogP contribution in [0.4, 0.5) is 5.82 Å². The molecule has 2 aromatic carbocycles. The number of carbonyl (C=O) groups excluding carboxylic acids is 2. The number of hydrogen-bond donors (Lipinski definition) is 2. The quantitative estimate of drug-likeness (QED) is 0.181. The van der Waals surface area contributed by atoms with Crippen molar-refractivity contribution >= 4 is 45.0 Å². The molecular formula is C34H36N2O4S2. The lowest BCUT2D eigenvalue weighted by Gasteiger charge is -2.28. The average Bonchev–Trinajstić information content (AvgIpc) is 2.99. The molecule has 1 aliphatic heterocycles. The number of aromatic hydroxyl groups is 1. The first kappa shape index (κ1) is 30.0. The predicted molar refractivity (Wildman–Crippen MR) is 173 cm³/mol. The molecule has 0 radical (unpaired) electrons. The second-order valence-electron chi connectivity index (χ2n) is 10.8. The van der Waals surface area contributed by atoms with Gasteiger partial charge in [0.05, 0.1) is 13.5 Å². The predicted octanol–water partition coefficient (Wildman–Crippen LogP) is 7.48. The van der Waals surface area contributed by atoms with E-state index >= 15 is 0 Å². The van der Waals surface area contributed by atoms with E-state index in [4.69, 9.17) is 10.5 Å². The Bertz CT molecular complexity index is 1500. The summed E-state index contributed by atoms with van der Waals surface area (Å²) in [6, 6.07) is 16.0. The molecule has 0 spiro atoms. The zero-order valence-electron chi connectivity index (χ0n) is 23.9. The van der Waals surface area contributed by atoms with Gasteiger partial charge in [-0.25, -0.2) is 4.98 Å². The van der Waals surface area contributed by atoms with Crippen LogP contribution in [-0.4, -0.2) is 34.0 Å². The van der Waals surface area contributed by atoms with Crippen LogP contribution in [0.15, 0.2) is 73.0 Å². The van der Waals surface area contributed by atoms with Gasteiger partial charge in [0, 0.05) is 34.6 Å². The first-order valence-electron chi connectivity index (χ1n) is 14.3. The minimum Gasteiger partial charge on any atom is -0.504 e. The Balaban J connectivity index is 1.71. The maximum atomic E-state index is 12.8. The van der Waals surface area contributed by atoms with E-state index in [2.05, 4.69) is 54.4 Å². The Morgan fingerprint density at radius 2 is 1.86 bits per heavy atom. The summed E-state index contributed by atoms with van der Waals surface area (Å²) in [7, 11) is 5.11. The number of phenolic OH excluding ortho intramolecular Hbond substituents is 1. The molecule has 2 aliphatic rings. The molecule has 218 valence electrons. The van der Waals surface area contributed by atoms with Crippen LogP contribution >= 0.6 is 21.6 Å². The molecule has 0 saturated heterocycles. The zero-order chi connectivity index (χ0) is 29.6. The van der Waals surface area contributed by atoms with E-state index in [-0.39, 0.29) is 46.1 Å². The fourth-order valence-corrected chi connectivity index (χ4v) is 9.05. The van der Waals surface area contributed by atoms with Crippen LogP contribution in [0.3, 0.4) is 0 Å². The number of allylic oxidation sites excluding steroid dienone is 2. The van der Waals surface area contributed by atoms with Crippen molar-refractivity contribution in [3.05, 3.63) is 101 Å². The fourth-order valence-electron chi connectivity index (χ4n) is 5.62. The Morgan fingerprint density at radius 1 is 1.05 bits per heavy atom. The molecule has 0 fully saturated rings. The van der Waals surface area contributed by atoms with E-state index in [1.165, 1.54) is 18.7 Å². The Hall–Kier alpha value is -3.49. The van der Waals surface area contributed by atoms with Gasteiger partial charge in [-0.1, -0.05) is 83.5 Å². The first-order chi connectivity index (χ1) is 20.4. The number of phenols is 1. The van der Waals surface area contributed by atoms with Gasteiger partial charge in [0.25, 0.3) is 0 Å². The number of Topliss-reactive ketones (excluding diaryl/α,β-unsaturated/α-hetero) is 1. The van der Waals surface area contributed by atoms with Crippen LogP contribution in [0, 0.1) is 5.92 Å². The van der Waals surface area contributed by atoms with Crippen LogP contribution in [0.1, 0.15) is 71.6 Å². The lowest BCUT2D eigenvalue weighted by molar-refractivity contribution is -0.124. The van der Waals surface area contributed by atoms with Crippen LogP contribution in [0.5, 0.6) is 11.5 Å². The maximum Gasteiger partial charge on any atom is 0.163 e. The second kappa shape index (κ2) is 13.7. The van der Waals surface area contributed by atoms with Gasteiger partial charge >= 0.3 is 0 Å². The zero-order valence-corrected chi connectivity index (χ0v) is 25.5. The number of ether oxygens (including phenoxy) is 1. The topological polar surface area (TPSA) is 103 Å². The SMILES string of the molecule is CC[C@H]1CCC(=O)CC(=O)/C=C/c2cc(OC)c(O)cc2[C@@H]2/C=C\[C@H]1SS[C@@H](Cc1ccccc1)c1cc2cnc1N. The number of pyridine rings is 1.